The van der Waals surface area contributed by atoms with Gasteiger partial charge in [0.25, 0.3) is 5.91 Å². The molecule has 0 aromatic heterocycles. The van der Waals surface area contributed by atoms with E-state index in [1.165, 1.54) is 0 Å². The lowest BCUT2D eigenvalue weighted by molar-refractivity contribution is -0.137. The summed E-state index contributed by atoms with van der Waals surface area (Å²) in [5, 5.41) is 5.43. The minimum absolute atomic E-state index is 0. The number of nitrogens with two attached hydrogens (primary N) is 1. The molecule has 0 radical (unpaired) electrons. The van der Waals surface area contributed by atoms with Crippen molar-refractivity contribution in [1.82, 2.24) is 15.5 Å². The van der Waals surface area contributed by atoms with Crippen molar-refractivity contribution in [3.63, 3.8) is 0 Å². The number of rotatable bonds is 4. The van der Waals surface area contributed by atoms with E-state index in [1.54, 1.807) is 0 Å². The zero-order chi connectivity index (χ0) is 16.5. The van der Waals surface area contributed by atoms with E-state index in [1.807, 2.05) is 0 Å². The number of hydrogen-bond donors (Lipinski definition) is 3. The number of imide groups is 1. The smallest absolute Gasteiger partial charge is 0.325 e. The lowest BCUT2D eigenvalue weighted by Crippen LogP contribution is -2.54. The van der Waals surface area contributed by atoms with E-state index < -0.39 is 11.6 Å². The molecule has 132 valence electrons. The van der Waals surface area contributed by atoms with E-state index >= 15 is 0 Å². The van der Waals surface area contributed by atoms with Gasteiger partial charge in [-0.1, -0.05) is 20.8 Å². The molecule has 8 heteroatoms. The Hall–Kier alpha value is -1.34. The molecule has 0 aromatic rings. The van der Waals surface area contributed by atoms with Crippen LogP contribution in [-0.2, 0) is 9.59 Å². The third kappa shape index (κ3) is 4.14. The molecule has 1 aliphatic carbocycles. The SMILES string of the molecule is CC1CC(C)(C)CC2(C1)NC(=O)N(CC(=O)NCCN)C2=O.Cl. The Bertz CT molecular complexity index is 497. The normalized spacial score (nSPS) is 29.2. The van der Waals surface area contributed by atoms with E-state index in [9.17, 15) is 14.4 Å². The number of nitrogens with zero attached hydrogens (tertiary/aromatic N) is 1. The largest absolute Gasteiger partial charge is 0.353 e. The van der Waals surface area contributed by atoms with Gasteiger partial charge in [-0.3, -0.25) is 14.5 Å². The highest BCUT2D eigenvalue weighted by molar-refractivity contribution is 6.09. The number of urea groups is 1. The molecule has 1 heterocycles. The zero-order valence-electron chi connectivity index (χ0n) is 14.0. The summed E-state index contributed by atoms with van der Waals surface area (Å²) >= 11 is 0. The summed E-state index contributed by atoms with van der Waals surface area (Å²) in [4.78, 5) is 37.7. The van der Waals surface area contributed by atoms with Crippen LogP contribution in [0.5, 0.6) is 0 Å². The van der Waals surface area contributed by atoms with E-state index in [4.69, 9.17) is 5.73 Å². The Balaban J connectivity index is 0.00000264. The zero-order valence-corrected chi connectivity index (χ0v) is 14.8. The fourth-order valence-corrected chi connectivity index (χ4v) is 4.06. The van der Waals surface area contributed by atoms with Gasteiger partial charge in [-0.2, -0.15) is 0 Å². The van der Waals surface area contributed by atoms with Crippen LogP contribution in [0.15, 0.2) is 0 Å². The van der Waals surface area contributed by atoms with Crippen molar-refractivity contribution in [1.29, 1.82) is 0 Å². The van der Waals surface area contributed by atoms with Gasteiger partial charge in [0.2, 0.25) is 5.91 Å². The standard InChI is InChI=1S/C15H26N4O3.ClH/c1-10-6-14(2,3)9-15(7-10)12(21)19(13(22)18-15)8-11(20)17-5-4-16;/h10H,4-9,16H2,1-3H3,(H,17,20)(H,18,22);1H. The lowest BCUT2D eigenvalue weighted by atomic mass is 9.64. The van der Waals surface area contributed by atoms with Gasteiger partial charge in [-0.05, 0) is 30.6 Å². The van der Waals surface area contributed by atoms with E-state index in [2.05, 4.69) is 31.4 Å². The van der Waals surface area contributed by atoms with Crippen LogP contribution in [0, 0.1) is 11.3 Å². The highest BCUT2D eigenvalue weighted by atomic mass is 35.5. The van der Waals surface area contributed by atoms with Gasteiger partial charge in [0.15, 0.2) is 0 Å². The number of carbonyl (C=O) groups is 3. The van der Waals surface area contributed by atoms with Crippen LogP contribution >= 0.6 is 12.4 Å². The number of carbonyl (C=O) groups excluding carboxylic acids is 3. The van der Waals surface area contributed by atoms with Crippen LogP contribution in [0.25, 0.3) is 0 Å². The van der Waals surface area contributed by atoms with Gasteiger partial charge in [0.1, 0.15) is 12.1 Å². The average Bonchev–Trinajstić information content (AvgIpc) is 2.58. The molecule has 2 fully saturated rings. The third-order valence-corrected chi connectivity index (χ3v) is 4.39. The quantitative estimate of drug-likeness (QED) is 0.649. The summed E-state index contributed by atoms with van der Waals surface area (Å²) in [6.07, 6.45) is 2.26. The minimum atomic E-state index is -0.855. The first-order valence-electron chi connectivity index (χ1n) is 7.80. The van der Waals surface area contributed by atoms with Crippen LogP contribution in [0.2, 0.25) is 0 Å². The Labute approximate surface area is 143 Å². The second-order valence-corrected chi connectivity index (χ2v) is 7.40. The van der Waals surface area contributed by atoms with Crippen LogP contribution in [-0.4, -0.2) is 47.9 Å². The van der Waals surface area contributed by atoms with Gasteiger partial charge < -0.3 is 16.4 Å². The second kappa shape index (κ2) is 7.05. The van der Waals surface area contributed by atoms with Crippen molar-refractivity contribution in [2.75, 3.05) is 19.6 Å². The van der Waals surface area contributed by atoms with Crippen molar-refractivity contribution >= 4 is 30.3 Å². The van der Waals surface area contributed by atoms with E-state index in [0.29, 0.717) is 31.8 Å². The van der Waals surface area contributed by atoms with E-state index in [-0.39, 0.29) is 36.2 Å². The molecular weight excluding hydrogens is 320 g/mol. The molecule has 23 heavy (non-hydrogen) atoms. The van der Waals surface area contributed by atoms with Crippen LogP contribution in [0.3, 0.4) is 0 Å². The minimum Gasteiger partial charge on any atom is -0.353 e. The number of amides is 4. The molecule has 7 nitrogen and oxygen atoms in total. The second-order valence-electron chi connectivity index (χ2n) is 7.40. The predicted octanol–water partition coefficient (Wildman–Crippen LogP) is 0.620. The fraction of sp³-hybridized carbons (Fsp3) is 0.800. The topological polar surface area (TPSA) is 105 Å². The molecule has 1 saturated heterocycles. The lowest BCUT2D eigenvalue weighted by Gasteiger charge is -2.43. The Morgan fingerprint density at radius 2 is 2.04 bits per heavy atom. The van der Waals surface area contributed by atoms with E-state index in [0.717, 1.165) is 11.3 Å². The molecule has 2 rings (SSSR count). The van der Waals surface area contributed by atoms with Crippen LogP contribution in [0.1, 0.15) is 40.0 Å². The summed E-state index contributed by atoms with van der Waals surface area (Å²) in [5.74, 6) is -0.298. The van der Waals surface area contributed by atoms with Crippen molar-refractivity contribution in [3.05, 3.63) is 0 Å². The van der Waals surface area contributed by atoms with Crippen molar-refractivity contribution < 1.29 is 14.4 Å². The first-order valence-corrected chi connectivity index (χ1v) is 7.80. The van der Waals surface area contributed by atoms with Crippen LogP contribution < -0.4 is 16.4 Å². The molecule has 1 spiro atoms. The van der Waals surface area contributed by atoms with Gasteiger partial charge in [-0.25, -0.2) is 4.79 Å². The molecule has 1 aliphatic heterocycles. The Kier molecular flexibility index (Phi) is 6.04. The summed E-state index contributed by atoms with van der Waals surface area (Å²) in [6, 6.07) is -0.474. The maximum Gasteiger partial charge on any atom is 0.325 e. The highest BCUT2D eigenvalue weighted by Crippen LogP contribution is 2.46. The maximum atomic E-state index is 12.8. The Morgan fingerprint density at radius 1 is 1.39 bits per heavy atom. The van der Waals surface area contributed by atoms with Gasteiger partial charge in [0, 0.05) is 13.1 Å². The molecule has 0 bridgehead atoms. The molecule has 0 aromatic carbocycles. The summed E-state index contributed by atoms with van der Waals surface area (Å²) in [5.41, 5.74) is 4.45. The number of hydrogen-bond acceptors (Lipinski definition) is 4. The van der Waals surface area contributed by atoms with Crippen molar-refractivity contribution in [2.24, 2.45) is 17.1 Å². The van der Waals surface area contributed by atoms with Gasteiger partial charge in [-0.15, -0.1) is 12.4 Å². The molecule has 4 amide bonds. The van der Waals surface area contributed by atoms with Crippen molar-refractivity contribution in [3.8, 4) is 0 Å². The van der Waals surface area contributed by atoms with Gasteiger partial charge >= 0.3 is 6.03 Å². The first kappa shape index (κ1) is 19.7. The molecule has 4 N–H and O–H groups in total. The molecule has 2 atom stereocenters. The predicted molar refractivity (Wildman–Crippen MR) is 89.1 cm³/mol. The summed E-state index contributed by atoms with van der Waals surface area (Å²) in [6.45, 7) is 6.72. The summed E-state index contributed by atoms with van der Waals surface area (Å²) in [7, 11) is 0. The van der Waals surface area contributed by atoms with Gasteiger partial charge in [0.05, 0.1) is 0 Å². The number of nitrogens with one attached hydrogen (secondary N) is 2. The Morgan fingerprint density at radius 3 is 2.61 bits per heavy atom. The molecule has 1 saturated carbocycles. The molecule has 2 aliphatic rings. The molecule has 2 unspecified atom stereocenters. The highest BCUT2D eigenvalue weighted by Gasteiger charge is 2.56. The summed E-state index contributed by atoms with van der Waals surface area (Å²) < 4.78 is 0. The van der Waals surface area contributed by atoms with Crippen LogP contribution in [0.4, 0.5) is 4.79 Å². The third-order valence-electron chi connectivity index (χ3n) is 4.39. The number of halogens is 1. The maximum absolute atomic E-state index is 12.8. The monoisotopic (exact) mass is 346 g/mol. The fourth-order valence-electron chi connectivity index (χ4n) is 4.06. The first-order chi connectivity index (χ1) is 10.2. The average molecular weight is 347 g/mol. The van der Waals surface area contributed by atoms with Crippen molar-refractivity contribution in [2.45, 2.75) is 45.6 Å². The molecular formula is C15H27ClN4O3.